The third-order valence-corrected chi connectivity index (χ3v) is 4.79. The Bertz CT molecular complexity index is 690. The average Bonchev–Trinajstić information content (AvgIpc) is 2.84. The second kappa shape index (κ2) is 6.34. The van der Waals surface area contributed by atoms with Crippen molar-refractivity contribution in [2.24, 2.45) is 0 Å². The van der Waals surface area contributed by atoms with Crippen LogP contribution in [0.5, 0.6) is 0 Å². The topological polar surface area (TPSA) is 58.0 Å². The lowest BCUT2D eigenvalue weighted by molar-refractivity contribution is 0.165. The van der Waals surface area contributed by atoms with Crippen LogP contribution in [-0.2, 0) is 19.3 Å². The molecule has 0 fully saturated rings. The maximum atomic E-state index is 10.4. The third-order valence-electron chi connectivity index (χ3n) is 4.16. The Hall–Kier alpha value is -1.46. The second-order valence-corrected chi connectivity index (χ2v) is 6.31. The quantitative estimate of drug-likeness (QED) is 0.875. The van der Waals surface area contributed by atoms with Gasteiger partial charge in [-0.05, 0) is 39.9 Å². The summed E-state index contributed by atoms with van der Waals surface area (Å²) in [4.78, 5) is 9.30. The van der Waals surface area contributed by atoms with Crippen LogP contribution in [0.3, 0.4) is 0 Å². The largest absolute Gasteiger partial charge is 0.390 e. The molecule has 0 saturated carbocycles. The van der Waals surface area contributed by atoms with Gasteiger partial charge in [-0.1, -0.05) is 38.1 Å². The fourth-order valence-corrected chi connectivity index (χ4v) is 3.55. The lowest BCUT2D eigenvalue weighted by Gasteiger charge is -2.21. The zero-order valence-corrected chi connectivity index (χ0v) is 14.4. The lowest BCUT2D eigenvalue weighted by Crippen LogP contribution is -2.23. The Balaban J connectivity index is 1.96. The molecule has 5 heteroatoms. The van der Waals surface area contributed by atoms with E-state index in [1.165, 1.54) is 5.56 Å². The van der Waals surface area contributed by atoms with E-state index in [-0.39, 0.29) is 6.04 Å². The van der Waals surface area contributed by atoms with Crippen LogP contribution in [0.2, 0.25) is 0 Å². The Labute approximate surface area is 139 Å². The minimum Gasteiger partial charge on any atom is -0.390 e. The molecule has 0 amide bonds. The van der Waals surface area contributed by atoms with Crippen LogP contribution in [0.1, 0.15) is 42.4 Å². The highest BCUT2D eigenvalue weighted by Crippen LogP contribution is 2.34. The number of nitrogens with zero attached hydrogens (tertiary/aromatic N) is 2. The summed E-state index contributed by atoms with van der Waals surface area (Å²) in [7, 11) is 0. The van der Waals surface area contributed by atoms with Gasteiger partial charge in [0, 0.05) is 6.42 Å². The standard InChI is InChI=1S/C17H20BrN3O/c1-3-12-16(18)19-13(4-2)17(20-12)21-15-11-8-6-5-7-10(11)9-14(15)22/h5-8,14-15,22H,3-4,9H2,1-2H3,(H,20,21)/t14-,15+/m1/s1. The number of hydrogen-bond donors (Lipinski definition) is 2. The Morgan fingerprint density at radius 3 is 2.64 bits per heavy atom. The van der Waals surface area contributed by atoms with Gasteiger partial charge < -0.3 is 10.4 Å². The van der Waals surface area contributed by atoms with E-state index in [1.54, 1.807) is 0 Å². The van der Waals surface area contributed by atoms with Gasteiger partial charge >= 0.3 is 0 Å². The Kier molecular flexibility index (Phi) is 4.45. The number of aromatic nitrogens is 2. The molecule has 0 spiro atoms. The SMILES string of the molecule is CCc1nc(N[C@H]2c3ccccc3C[C@H]2O)c(CC)nc1Br. The van der Waals surface area contributed by atoms with Crippen molar-refractivity contribution in [3.63, 3.8) is 0 Å². The van der Waals surface area contributed by atoms with Crippen molar-refractivity contribution >= 4 is 21.7 Å². The van der Waals surface area contributed by atoms with Crippen LogP contribution in [0.25, 0.3) is 0 Å². The Morgan fingerprint density at radius 2 is 1.91 bits per heavy atom. The number of hydrogen-bond acceptors (Lipinski definition) is 4. The molecule has 1 heterocycles. The van der Waals surface area contributed by atoms with Crippen molar-refractivity contribution in [3.05, 3.63) is 51.4 Å². The molecule has 2 aromatic rings. The molecule has 0 radical (unpaired) electrons. The van der Waals surface area contributed by atoms with Crippen LogP contribution < -0.4 is 5.32 Å². The van der Waals surface area contributed by atoms with Gasteiger partial charge in [0.2, 0.25) is 0 Å². The third kappa shape index (κ3) is 2.75. The van der Waals surface area contributed by atoms with Crippen LogP contribution in [0, 0.1) is 0 Å². The van der Waals surface area contributed by atoms with Gasteiger partial charge in [-0.2, -0.15) is 0 Å². The smallest absolute Gasteiger partial charge is 0.148 e. The number of anilines is 1. The van der Waals surface area contributed by atoms with E-state index in [1.807, 2.05) is 12.1 Å². The molecule has 1 aliphatic carbocycles. The summed E-state index contributed by atoms with van der Waals surface area (Å²) >= 11 is 3.48. The predicted molar refractivity (Wildman–Crippen MR) is 91.0 cm³/mol. The number of halogens is 1. The van der Waals surface area contributed by atoms with Crippen molar-refractivity contribution in [1.82, 2.24) is 9.97 Å². The first-order valence-electron chi connectivity index (χ1n) is 7.71. The molecule has 22 heavy (non-hydrogen) atoms. The van der Waals surface area contributed by atoms with Crippen molar-refractivity contribution < 1.29 is 5.11 Å². The average molecular weight is 362 g/mol. The van der Waals surface area contributed by atoms with Crippen LogP contribution in [0.15, 0.2) is 28.9 Å². The number of benzene rings is 1. The molecule has 2 N–H and O–H groups in total. The number of nitrogens with one attached hydrogen (secondary N) is 1. The number of aryl methyl sites for hydroxylation is 2. The van der Waals surface area contributed by atoms with Gasteiger partial charge in [-0.25, -0.2) is 9.97 Å². The van der Waals surface area contributed by atoms with Gasteiger partial charge in [-0.3, -0.25) is 0 Å². The molecule has 1 aromatic heterocycles. The first kappa shape index (κ1) is 15.4. The van der Waals surface area contributed by atoms with Crippen LogP contribution in [-0.4, -0.2) is 21.2 Å². The first-order chi connectivity index (χ1) is 10.6. The highest BCUT2D eigenvalue weighted by Gasteiger charge is 2.31. The fraction of sp³-hybridized carbons (Fsp3) is 0.412. The number of fused-ring (bicyclic) bond motifs is 1. The summed E-state index contributed by atoms with van der Waals surface area (Å²) in [6, 6.07) is 8.05. The van der Waals surface area contributed by atoms with E-state index in [4.69, 9.17) is 4.98 Å². The summed E-state index contributed by atoms with van der Waals surface area (Å²) in [6.45, 7) is 4.12. The van der Waals surface area contributed by atoms with E-state index in [9.17, 15) is 5.11 Å². The van der Waals surface area contributed by atoms with Crippen LogP contribution >= 0.6 is 15.9 Å². The van der Waals surface area contributed by atoms with Gasteiger partial charge in [0.05, 0.1) is 23.5 Å². The molecule has 0 unspecified atom stereocenters. The number of aliphatic hydroxyl groups is 1. The molecule has 3 rings (SSSR count). The van der Waals surface area contributed by atoms with E-state index < -0.39 is 6.10 Å². The van der Waals surface area contributed by atoms with Crippen LogP contribution in [0.4, 0.5) is 5.82 Å². The summed E-state index contributed by atoms with van der Waals surface area (Å²) in [5.74, 6) is 0.781. The Morgan fingerprint density at radius 1 is 1.18 bits per heavy atom. The minimum atomic E-state index is -0.433. The van der Waals surface area contributed by atoms with Crippen molar-refractivity contribution in [2.45, 2.75) is 45.3 Å². The highest BCUT2D eigenvalue weighted by atomic mass is 79.9. The maximum absolute atomic E-state index is 10.4. The molecule has 0 aliphatic heterocycles. The number of aliphatic hydroxyl groups excluding tert-OH is 1. The predicted octanol–water partition coefficient (Wildman–Crippen LogP) is 3.43. The minimum absolute atomic E-state index is 0.123. The van der Waals surface area contributed by atoms with Gasteiger partial charge in [0.15, 0.2) is 0 Å². The molecule has 0 saturated heterocycles. The summed E-state index contributed by atoms with van der Waals surface area (Å²) < 4.78 is 0.810. The monoisotopic (exact) mass is 361 g/mol. The number of rotatable bonds is 4. The zero-order valence-electron chi connectivity index (χ0n) is 12.8. The maximum Gasteiger partial charge on any atom is 0.148 e. The molecule has 0 bridgehead atoms. The zero-order chi connectivity index (χ0) is 15.7. The summed E-state index contributed by atoms with van der Waals surface area (Å²) in [5.41, 5.74) is 4.20. The summed E-state index contributed by atoms with van der Waals surface area (Å²) in [5, 5.41) is 13.8. The van der Waals surface area contributed by atoms with Crippen molar-refractivity contribution in [2.75, 3.05) is 5.32 Å². The molecular weight excluding hydrogens is 342 g/mol. The van der Waals surface area contributed by atoms with Crippen molar-refractivity contribution in [3.8, 4) is 0 Å². The van der Waals surface area contributed by atoms with Gasteiger partial charge in [-0.15, -0.1) is 0 Å². The molecule has 1 aromatic carbocycles. The molecule has 116 valence electrons. The molecule has 4 nitrogen and oxygen atoms in total. The van der Waals surface area contributed by atoms with E-state index in [0.717, 1.165) is 40.2 Å². The first-order valence-corrected chi connectivity index (χ1v) is 8.51. The van der Waals surface area contributed by atoms with Gasteiger partial charge in [0.1, 0.15) is 10.4 Å². The van der Waals surface area contributed by atoms with Crippen molar-refractivity contribution in [1.29, 1.82) is 0 Å². The summed E-state index contributed by atoms with van der Waals surface area (Å²) in [6.07, 6.45) is 1.86. The molecule has 1 aliphatic rings. The van der Waals surface area contributed by atoms with E-state index in [0.29, 0.717) is 6.42 Å². The fourth-order valence-electron chi connectivity index (χ4n) is 2.96. The normalized spacial score (nSPS) is 20.0. The van der Waals surface area contributed by atoms with E-state index in [2.05, 4.69) is 52.2 Å². The van der Waals surface area contributed by atoms with Gasteiger partial charge in [0.25, 0.3) is 0 Å². The highest BCUT2D eigenvalue weighted by molar-refractivity contribution is 9.10. The molecule has 2 atom stereocenters. The lowest BCUT2D eigenvalue weighted by atomic mass is 10.1. The van der Waals surface area contributed by atoms with E-state index >= 15 is 0 Å². The second-order valence-electron chi connectivity index (χ2n) is 5.56. The molecular formula is C17H20BrN3O.